The van der Waals surface area contributed by atoms with Crippen molar-refractivity contribution in [1.29, 1.82) is 0 Å². The van der Waals surface area contributed by atoms with E-state index in [1.54, 1.807) is 0 Å². The van der Waals surface area contributed by atoms with Gasteiger partial charge in [-0.05, 0) is 87.3 Å². The van der Waals surface area contributed by atoms with Crippen LogP contribution in [0.4, 0.5) is 0 Å². The average molecular weight is 416 g/mol. The quantitative estimate of drug-likeness (QED) is 0.521. The molecule has 2 aromatic carbocycles. The van der Waals surface area contributed by atoms with Gasteiger partial charge in [-0.25, -0.2) is 0 Å². The molecule has 3 aromatic rings. The van der Waals surface area contributed by atoms with Gasteiger partial charge in [0, 0.05) is 28.8 Å². The number of rotatable bonds is 5. The van der Waals surface area contributed by atoms with Crippen LogP contribution < -0.4 is 0 Å². The Bertz CT molecular complexity index is 1060. The molecule has 5 heteroatoms. The summed E-state index contributed by atoms with van der Waals surface area (Å²) in [6.07, 6.45) is 6.98. The number of carbonyl (C=O) groups is 1. The normalized spacial score (nSPS) is 21.1. The van der Waals surface area contributed by atoms with E-state index in [0.717, 1.165) is 53.9 Å². The van der Waals surface area contributed by atoms with Crippen LogP contribution in [0.1, 0.15) is 61.4 Å². The van der Waals surface area contributed by atoms with Crippen LogP contribution in [0.25, 0.3) is 22.9 Å². The Morgan fingerprint density at radius 1 is 0.871 bits per heavy atom. The highest BCUT2D eigenvalue weighted by Crippen LogP contribution is 2.36. The summed E-state index contributed by atoms with van der Waals surface area (Å²) < 4.78 is 5.92. The molecular weight excluding hydrogens is 386 g/mol. The third-order valence-electron chi connectivity index (χ3n) is 6.73. The maximum Gasteiger partial charge on any atom is 0.254 e. The van der Waals surface area contributed by atoms with E-state index in [-0.39, 0.29) is 5.91 Å². The van der Waals surface area contributed by atoms with Crippen molar-refractivity contribution < 1.29 is 9.21 Å². The number of aromatic nitrogens is 2. The number of hydrogen-bond acceptors (Lipinski definition) is 4. The lowest BCUT2D eigenvalue weighted by Gasteiger charge is -2.36. The number of aryl methyl sites for hydroxylation is 1. The Kier molecular flexibility index (Phi) is 5.34. The minimum Gasteiger partial charge on any atom is -0.416 e. The topological polar surface area (TPSA) is 59.2 Å². The van der Waals surface area contributed by atoms with Crippen molar-refractivity contribution in [1.82, 2.24) is 15.1 Å². The van der Waals surface area contributed by atoms with Crippen molar-refractivity contribution in [3.05, 3.63) is 59.7 Å². The lowest BCUT2D eigenvalue weighted by atomic mass is 9.86. The Morgan fingerprint density at radius 2 is 1.48 bits per heavy atom. The van der Waals surface area contributed by atoms with E-state index in [2.05, 4.69) is 22.0 Å². The second-order valence-electron chi connectivity index (χ2n) is 9.16. The summed E-state index contributed by atoms with van der Waals surface area (Å²) in [6, 6.07) is 16.4. The molecule has 5 nitrogen and oxygen atoms in total. The molecule has 0 saturated heterocycles. The largest absolute Gasteiger partial charge is 0.416 e. The molecule has 0 radical (unpaired) electrons. The molecule has 160 valence electrons. The molecular formula is C26H29N3O2. The third kappa shape index (κ3) is 4.14. The molecule has 1 aromatic heterocycles. The highest BCUT2D eigenvalue weighted by molar-refractivity contribution is 5.95. The molecule has 1 amide bonds. The Labute approximate surface area is 183 Å². The molecule has 0 aliphatic heterocycles. The molecule has 1 heterocycles. The van der Waals surface area contributed by atoms with Gasteiger partial charge in [-0.3, -0.25) is 4.79 Å². The van der Waals surface area contributed by atoms with Gasteiger partial charge in [0.05, 0.1) is 0 Å². The van der Waals surface area contributed by atoms with Gasteiger partial charge in [0.25, 0.3) is 5.91 Å². The Hall–Kier alpha value is -2.95. The number of nitrogens with zero attached hydrogens (tertiary/aromatic N) is 3. The summed E-state index contributed by atoms with van der Waals surface area (Å²) in [5, 5.41) is 8.44. The molecule has 2 saturated carbocycles. The van der Waals surface area contributed by atoms with Crippen LogP contribution in [-0.4, -0.2) is 33.1 Å². The smallest absolute Gasteiger partial charge is 0.254 e. The fourth-order valence-corrected chi connectivity index (χ4v) is 4.67. The standard InChI is InChI=1S/C26H29N3O2/c1-17-7-13-21(14-8-17)29(22-15-16-22)26(30)20-11-9-19(10-12-20)24-27-28-25(31-24)23-6-4-3-5-18(23)2/h3-6,9-12,17,21-22H,7-8,13-16H2,1-2H3. The van der Waals surface area contributed by atoms with Crippen molar-refractivity contribution >= 4 is 5.91 Å². The average Bonchev–Trinajstić information content (AvgIpc) is 3.50. The number of amides is 1. The molecule has 0 bridgehead atoms. The van der Waals surface area contributed by atoms with Gasteiger partial charge in [0.15, 0.2) is 0 Å². The molecule has 2 aliphatic rings. The molecule has 0 N–H and O–H groups in total. The van der Waals surface area contributed by atoms with E-state index in [1.807, 2.05) is 55.5 Å². The van der Waals surface area contributed by atoms with Gasteiger partial charge in [-0.2, -0.15) is 0 Å². The van der Waals surface area contributed by atoms with Crippen LogP contribution in [0.3, 0.4) is 0 Å². The lowest BCUT2D eigenvalue weighted by Crippen LogP contribution is -2.43. The van der Waals surface area contributed by atoms with Crippen LogP contribution in [-0.2, 0) is 0 Å². The first-order valence-electron chi connectivity index (χ1n) is 11.4. The predicted octanol–water partition coefficient (Wildman–Crippen LogP) is 5.90. The SMILES string of the molecule is Cc1ccccc1-c1nnc(-c2ccc(C(=O)N(C3CCC(C)CC3)C3CC3)cc2)o1. The lowest BCUT2D eigenvalue weighted by molar-refractivity contribution is 0.0593. The van der Waals surface area contributed by atoms with E-state index in [9.17, 15) is 4.79 Å². The number of benzene rings is 2. The van der Waals surface area contributed by atoms with Crippen molar-refractivity contribution in [2.75, 3.05) is 0 Å². The summed E-state index contributed by atoms with van der Waals surface area (Å²) in [7, 11) is 0. The van der Waals surface area contributed by atoms with Crippen LogP contribution in [0.15, 0.2) is 52.9 Å². The van der Waals surface area contributed by atoms with E-state index in [0.29, 0.717) is 23.9 Å². The first-order chi connectivity index (χ1) is 15.1. The van der Waals surface area contributed by atoms with Gasteiger partial charge in [0.1, 0.15) is 0 Å². The summed E-state index contributed by atoms with van der Waals surface area (Å²) in [6.45, 7) is 4.35. The van der Waals surface area contributed by atoms with Crippen LogP contribution in [0, 0.1) is 12.8 Å². The van der Waals surface area contributed by atoms with Crippen molar-refractivity contribution in [2.45, 2.75) is 64.5 Å². The molecule has 2 aliphatic carbocycles. The Morgan fingerprint density at radius 3 is 2.13 bits per heavy atom. The van der Waals surface area contributed by atoms with Gasteiger partial charge < -0.3 is 9.32 Å². The maximum absolute atomic E-state index is 13.4. The molecule has 31 heavy (non-hydrogen) atoms. The summed E-state index contributed by atoms with van der Waals surface area (Å²) in [4.78, 5) is 15.5. The first kappa shape index (κ1) is 20.0. The van der Waals surface area contributed by atoms with Crippen molar-refractivity contribution in [3.63, 3.8) is 0 Å². The zero-order valence-electron chi connectivity index (χ0n) is 18.3. The van der Waals surface area contributed by atoms with Crippen molar-refractivity contribution in [3.8, 4) is 22.9 Å². The second-order valence-corrected chi connectivity index (χ2v) is 9.16. The highest BCUT2D eigenvalue weighted by atomic mass is 16.4. The van der Waals surface area contributed by atoms with Gasteiger partial charge in [0.2, 0.25) is 11.8 Å². The summed E-state index contributed by atoms with van der Waals surface area (Å²) in [5.74, 6) is 1.93. The molecule has 2 fully saturated rings. The molecule has 0 atom stereocenters. The molecule has 5 rings (SSSR count). The van der Waals surface area contributed by atoms with E-state index in [4.69, 9.17) is 4.42 Å². The Balaban J connectivity index is 1.34. The fourth-order valence-electron chi connectivity index (χ4n) is 4.67. The van der Waals surface area contributed by atoms with Crippen molar-refractivity contribution in [2.24, 2.45) is 5.92 Å². The van der Waals surface area contributed by atoms with Crippen LogP contribution >= 0.6 is 0 Å². The monoisotopic (exact) mass is 415 g/mol. The summed E-state index contributed by atoms with van der Waals surface area (Å²) >= 11 is 0. The zero-order chi connectivity index (χ0) is 21.4. The van der Waals surface area contributed by atoms with Gasteiger partial charge in [-0.15, -0.1) is 10.2 Å². The number of carbonyl (C=O) groups excluding carboxylic acids is 1. The van der Waals surface area contributed by atoms with E-state index in [1.165, 1.54) is 12.8 Å². The van der Waals surface area contributed by atoms with E-state index < -0.39 is 0 Å². The second kappa shape index (κ2) is 8.29. The predicted molar refractivity (Wildman–Crippen MR) is 121 cm³/mol. The molecule has 0 spiro atoms. The minimum atomic E-state index is 0.166. The summed E-state index contributed by atoms with van der Waals surface area (Å²) in [5.41, 5.74) is 3.60. The minimum absolute atomic E-state index is 0.166. The zero-order valence-corrected chi connectivity index (χ0v) is 18.3. The van der Waals surface area contributed by atoms with Crippen LogP contribution in [0.5, 0.6) is 0 Å². The number of hydrogen-bond donors (Lipinski definition) is 0. The third-order valence-corrected chi connectivity index (χ3v) is 6.73. The van der Waals surface area contributed by atoms with Crippen LogP contribution in [0.2, 0.25) is 0 Å². The fraction of sp³-hybridized carbons (Fsp3) is 0.423. The first-order valence-corrected chi connectivity index (χ1v) is 11.4. The highest BCUT2D eigenvalue weighted by Gasteiger charge is 2.38. The molecule has 0 unspecified atom stereocenters. The van der Waals surface area contributed by atoms with E-state index >= 15 is 0 Å². The maximum atomic E-state index is 13.4. The van der Waals surface area contributed by atoms with Gasteiger partial charge in [-0.1, -0.05) is 25.1 Å². The van der Waals surface area contributed by atoms with Gasteiger partial charge >= 0.3 is 0 Å².